The Morgan fingerprint density at radius 1 is 1.08 bits per heavy atom. The van der Waals surface area contributed by atoms with E-state index in [1.54, 1.807) is 0 Å². The minimum atomic E-state index is 0.964. The highest BCUT2D eigenvalue weighted by Crippen LogP contribution is 2.41. The third-order valence-corrected chi connectivity index (χ3v) is 5.32. The van der Waals surface area contributed by atoms with E-state index in [1.807, 2.05) is 0 Å². The second-order valence-corrected chi connectivity index (χ2v) is 7.35. The Morgan fingerprint density at radius 3 is 2.56 bits per heavy atom. The number of guanidine groups is 1. The van der Waals surface area contributed by atoms with Crippen LogP contribution in [-0.4, -0.2) is 59.7 Å². The lowest BCUT2D eigenvalue weighted by Crippen LogP contribution is -2.52. The zero-order chi connectivity index (χ0) is 17.6. The molecule has 0 aliphatic carbocycles. The molecule has 0 unspecified atom stereocenters. The molecule has 1 fully saturated rings. The number of allylic oxidation sites excluding steroid dienone is 1. The maximum absolute atomic E-state index is 5.03. The van der Waals surface area contributed by atoms with Crippen molar-refractivity contribution in [1.82, 2.24) is 14.8 Å². The van der Waals surface area contributed by atoms with Crippen LogP contribution in [0.15, 0.2) is 33.9 Å². The van der Waals surface area contributed by atoms with E-state index in [4.69, 9.17) is 10.1 Å². The second-order valence-electron chi connectivity index (χ2n) is 7.35. The fourth-order valence-corrected chi connectivity index (χ4v) is 3.84. The number of fused-ring (bicyclic) bond motifs is 3. The van der Waals surface area contributed by atoms with Crippen molar-refractivity contribution < 1.29 is 0 Å². The second kappa shape index (κ2) is 6.30. The molecule has 5 heteroatoms. The maximum Gasteiger partial charge on any atom is 0.227 e. The number of aryl methyl sites for hydroxylation is 1. The molecule has 1 saturated heterocycles. The third-order valence-electron chi connectivity index (χ3n) is 5.32. The third kappa shape index (κ3) is 2.86. The summed E-state index contributed by atoms with van der Waals surface area (Å²) >= 11 is 0. The number of hydrogen-bond donors (Lipinski definition) is 0. The summed E-state index contributed by atoms with van der Waals surface area (Å²) in [5.41, 5.74) is 7.46. The summed E-state index contributed by atoms with van der Waals surface area (Å²) in [4.78, 5) is 9.79. The van der Waals surface area contributed by atoms with Crippen LogP contribution in [0, 0.1) is 6.92 Å². The minimum absolute atomic E-state index is 0.964. The van der Waals surface area contributed by atoms with Crippen LogP contribution >= 0.6 is 0 Å². The molecule has 0 bridgehead atoms. The molecular formula is C20H27N5. The molecule has 0 radical (unpaired) electrons. The molecule has 0 atom stereocenters. The van der Waals surface area contributed by atoms with Crippen LogP contribution < -0.4 is 0 Å². The molecule has 3 aliphatic rings. The van der Waals surface area contributed by atoms with Crippen LogP contribution in [0.1, 0.15) is 37.8 Å². The van der Waals surface area contributed by atoms with Crippen LogP contribution in [0.5, 0.6) is 0 Å². The van der Waals surface area contributed by atoms with Crippen molar-refractivity contribution in [3.05, 3.63) is 34.9 Å². The van der Waals surface area contributed by atoms with E-state index in [9.17, 15) is 0 Å². The van der Waals surface area contributed by atoms with Crippen LogP contribution in [0.4, 0.5) is 5.69 Å². The number of benzene rings is 1. The number of nitrogens with zero attached hydrogens (tertiary/aromatic N) is 5. The minimum Gasteiger partial charge on any atom is -0.338 e. The predicted octanol–water partition coefficient (Wildman–Crippen LogP) is 3.45. The zero-order valence-electron chi connectivity index (χ0n) is 15.7. The Balaban J connectivity index is 1.85. The highest BCUT2D eigenvalue weighted by atomic mass is 15.6. The summed E-state index contributed by atoms with van der Waals surface area (Å²) in [5, 5.41) is 7.03. The highest BCUT2D eigenvalue weighted by Gasteiger charge is 2.34. The molecule has 1 aromatic carbocycles. The van der Waals surface area contributed by atoms with Gasteiger partial charge in [0.2, 0.25) is 5.96 Å². The molecule has 3 heterocycles. The van der Waals surface area contributed by atoms with E-state index < -0.39 is 0 Å². The normalized spacial score (nSPS) is 21.0. The molecule has 0 spiro atoms. The van der Waals surface area contributed by atoms with Gasteiger partial charge in [0, 0.05) is 43.9 Å². The number of rotatable bonds is 1. The number of aliphatic imine (C=N–C) groups is 1. The van der Waals surface area contributed by atoms with Gasteiger partial charge in [-0.2, -0.15) is 10.1 Å². The molecule has 0 saturated carbocycles. The van der Waals surface area contributed by atoms with E-state index in [1.165, 1.54) is 28.1 Å². The average Bonchev–Trinajstić information content (AvgIpc) is 2.61. The Morgan fingerprint density at radius 2 is 1.84 bits per heavy atom. The number of hydrogen-bond acceptors (Lipinski definition) is 5. The van der Waals surface area contributed by atoms with Crippen molar-refractivity contribution in [3.63, 3.8) is 0 Å². The number of hydrazone groups is 1. The zero-order valence-corrected chi connectivity index (χ0v) is 15.7. The summed E-state index contributed by atoms with van der Waals surface area (Å²) in [6.07, 6.45) is 2.01. The average molecular weight is 337 g/mol. The van der Waals surface area contributed by atoms with Crippen molar-refractivity contribution >= 4 is 23.1 Å². The molecule has 0 N–H and O–H groups in total. The van der Waals surface area contributed by atoms with Gasteiger partial charge in [-0.15, -0.1) is 0 Å². The number of piperazine rings is 1. The Hall–Kier alpha value is -2.14. The molecule has 4 rings (SSSR count). The summed E-state index contributed by atoms with van der Waals surface area (Å²) < 4.78 is 0. The van der Waals surface area contributed by atoms with Gasteiger partial charge in [0.25, 0.3) is 0 Å². The first-order valence-electron chi connectivity index (χ1n) is 9.26. The van der Waals surface area contributed by atoms with E-state index in [2.05, 4.69) is 60.8 Å². The van der Waals surface area contributed by atoms with Gasteiger partial charge in [0.15, 0.2) is 0 Å². The lowest BCUT2D eigenvalue weighted by molar-refractivity contribution is 0.203. The monoisotopic (exact) mass is 337 g/mol. The van der Waals surface area contributed by atoms with Gasteiger partial charge in [-0.05, 0) is 45.0 Å². The first-order chi connectivity index (χ1) is 12.1. The van der Waals surface area contributed by atoms with Crippen molar-refractivity contribution in [1.29, 1.82) is 0 Å². The van der Waals surface area contributed by atoms with Crippen LogP contribution in [0.25, 0.3) is 5.70 Å². The van der Waals surface area contributed by atoms with Crippen molar-refractivity contribution in [2.45, 2.75) is 33.6 Å². The topological polar surface area (TPSA) is 34.4 Å². The van der Waals surface area contributed by atoms with Gasteiger partial charge in [0.05, 0.1) is 11.4 Å². The van der Waals surface area contributed by atoms with Crippen LogP contribution in [-0.2, 0) is 0 Å². The van der Waals surface area contributed by atoms with Gasteiger partial charge >= 0.3 is 0 Å². The summed E-state index contributed by atoms with van der Waals surface area (Å²) in [7, 11) is 2.18. The van der Waals surface area contributed by atoms with Gasteiger partial charge in [-0.25, -0.2) is 4.99 Å². The van der Waals surface area contributed by atoms with E-state index >= 15 is 0 Å². The first-order valence-corrected chi connectivity index (χ1v) is 9.26. The summed E-state index contributed by atoms with van der Waals surface area (Å²) in [5.74, 6) is 0.990. The largest absolute Gasteiger partial charge is 0.338 e. The smallest absolute Gasteiger partial charge is 0.227 e. The maximum atomic E-state index is 5.03. The predicted molar refractivity (Wildman–Crippen MR) is 104 cm³/mol. The molecule has 25 heavy (non-hydrogen) atoms. The lowest BCUT2D eigenvalue weighted by atomic mass is 9.95. The molecule has 1 aromatic rings. The SMILES string of the molecule is CCC1=C2c3cc(C)ccc3N=C(N3CCN(C)CC3)N2N=C(C)C1. The van der Waals surface area contributed by atoms with Crippen molar-refractivity contribution in [2.75, 3.05) is 33.2 Å². The van der Waals surface area contributed by atoms with Crippen molar-refractivity contribution in [3.8, 4) is 0 Å². The van der Waals surface area contributed by atoms with Gasteiger partial charge < -0.3 is 9.80 Å². The Kier molecular flexibility index (Phi) is 4.12. The molecular weight excluding hydrogens is 310 g/mol. The Labute approximate surface area is 150 Å². The summed E-state index contributed by atoms with van der Waals surface area (Å²) in [6.45, 7) is 10.6. The molecule has 5 nitrogen and oxygen atoms in total. The Bertz CT molecular complexity index is 781. The fraction of sp³-hybridized carbons (Fsp3) is 0.500. The standard InChI is InChI=1S/C20H27N5/c1-5-16-13-15(3)22-25-19(16)17-12-14(2)6-7-18(17)21-20(25)24-10-8-23(4)9-11-24/h6-7,12H,5,8-11,13H2,1-4H3. The molecule has 0 aromatic heterocycles. The van der Waals surface area contributed by atoms with Crippen molar-refractivity contribution in [2.24, 2.45) is 10.1 Å². The first kappa shape index (κ1) is 16.3. The van der Waals surface area contributed by atoms with E-state index in [-0.39, 0.29) is 0 Å². The van der Waals surface area contributed by atoms with Gasteiger partial charge in [-0.3, -0.25) is 0 Å². The lowest BCUT2D eigenvalue weighted by Gasteiger charge is -2.41. The van der Waals surface area contributed by atoms with Gasteiger partial charge in [0.1, 0.15) is 0 Å². The van der Waals surface area contributed by atoms with E-state index in [0.717, 1.165) is 50.7 Å². The van der Waals surface area contributed by atoms with Crippen LogP contribution in [0.2, 0.25) is 0 Å². The van der Waals surface area contributed by atoms with Gasteiger partial charge in [-0.1, -0.05) is 18.6 Å². The molecule has 3 aliphatic heterocycles. The quantitative estimate of drug-likeness (QED) is 0.787. The molecule has 0 amide bonds. The fourth-order valence-electron chi connectivity index (χ4n) is 3.84. The van der Waals surface area contributed by atoms with E-state index in [0.29, 0.717) is 0 Å². The summed E-state index contributed by atoms with van der Waals surface area (Å²) in [6, 6.07) is 6.57. The number of likely N-dealkylation sites (N-methyl/N-ethyl adjacent to an activating group) is 1. The van der Waals surface area contributed by atoms with Crippen LogP contribution in [0.3, 0.4) is 0 Å². The highest BCUT2D eigenvalue weighted by molar-refractivity contribution is 6.02. The molecule has 132 valence electrons.